The van der Waals surface area contributed by atoms with E-state index in [-0.39, 0.29) is 12.5 Å². The maximum atomic E-state index is 10.2. The maximum Gasteiger partial charge on any atom is 0.493 e. The molecule has 1 aromatic carbocycles. The van der Waals surface area contributed by atoms with Gasteiger partial charge in [-0.2, -0.15) is 0 Å². The summed E-state index contributed by atoms with van der Waals surface area (Å²) in [7, 11) is -0.297. The first kappa shape index (κ1) is 13.1. The van der Waals surface area contributed by atoms with Gasteiger partial charge in [0.25, 0.3) is 0 Å². The molecule has 0 bridgehead atoms. The normalized spacial score (nSPS) is 24.9. The van der Waals surface area contributed by atoms with Gasteiger partial charge in [0.05, 0.1) is 13.2 Å². The van der Waals surface area contributed by atoms with Gasteiger partial charge in [0, 0.05) is 18.6 Å². The molecule has 102 valence electrons. The summed E-state index contributed by atoms with van der Waals surface area (Å²) < 4.78 is 16.5. The molecule has 0 atom stereocenters. The second-order valence-corrected chi connectivity index (χ2v) is 6.26. The standard InChI is InChI=1S/C14H19BO4/c1-13(2)7-18-15(19-8-13)12-5-3-11(4-6-12)14(16)9-17-10-14/h3-6,16H,7-10H2,1-2H3. The van der Waals surface area contributed by atoms with Gasteiger partial charge < -0.3 is 19.2 Å². The lowest BCUT2D eigenvalue weighted by Gasteiger charge is -2.37. The molecule has 2 saturated heterocycles. The Morgan fingerprint density at radius 2 is 1.58 bits per heavy atom. The molecule has 3 rings (SSSR count). The van der Waals surface area contributed by atoms with Crippen LogP contribution in [0.1, 0.15) is 19.4 Å². The van der Waals surface area contributed by atoms with Crippen molar-refractivity contribution < 1.29 is 19.2 Å². The number of aliphatic hydroxyl groups is 1. The molecule has 0 aliphatic carbocycles. The van der Waals surface area contributed by atoms with Gasteiger partial charge in [-0.05, 0) is 11.0 Å². The van der Waals surface area contributed by atoms with Crippen molar-refractivity contribution in [1.29, 1.82) is 0 Å². The van der Waals surface area contributed by atoms with Gasteiger partial charge in [0.2, 0.25) is 0 Å². The minimum absolute atomic E-state index is 0.0782. The average molecular weight is 262 g/mol. The average Bonchev–Trinajstić information content (AvgIpc) is 2.36. The highest BCUT2D eigenvalue weighted by Gasteiger charge is 2.38. The number of ether oxygens (including phenoxy) is 1. The van der Waals surface area contributed by atoms with E-state index in [9.17, 15) is 5.11 Å². The van der Waals surface area contributed by atoms with Crippen molar-refractivity contribution in [3.63, 3.8) is 0 Å². The van der Waals surface area contributed by atoms with Crippen LogP contribution in [-0.2, 0) is 19.6 Å². The summed E-state index contributed by atoms with van der Waals surface area (Å²) in [5.74, 6) is 0. The Morgan fingerprint density at radius 3 is 2.05 bits per heavy atom. The smallest absolute Gasteiger partial charge is 0.407 e. The molecule has 1 aromatic rings. The molecule has 0 aromatic heterocycles. The molecule has 2 aliphatic heterocycles. The molecule has 2 fully saturated rings. The minimum Gasteiger partial charge on any atom is -0.407 e. The molecular formula is C14H19BO4. The van der Waals surface area contributed by atoms with E-state index in [0.29, 0.717) is 26.4 Å². The van der Waals surface area contributed by atoms with Crippen LogP contribution in [0.25, 0.3) is 0 Å². The van der Waals surface area contributed by atoms with Crippen molar-refractivity contribution in [2.24, 2.45) is 5.41 Å². The van der Waals surface area contributed by atoms with Gasteiger partial charge in [-0.3, -0.25) is 0 Å². The second-order valence-electron chi connectivity index (χ2n) is 6.26. The monoisotopic (exact) mass is 262 g/mol. The summed E-state index contributed by atoms with van der Waals surface area (Å²) in [6.07, 6.45) is 0. The van der Waals surface area contributed by atoms with Crippen molar-refractivity contribution in [2.45, 2.75) is 19.4 Å². The fourth-order valence-electron chi connectivity index (χ4n) is 2.30. The van der Waals surface area contributed by atoms with Gasteiger partial charge >= 0.3 is 7.12 Å². The predicted molar refractivity (Wildman–Crippen MR) is 72.2 cm³/mol. The second kappa shape index (κ2) is 4.60. The molecule has 5 heteroatoms. The van der Waals surface area contributed by atoms with Gasteiger partial charge in [-0.1, -0.05) is 38.1 Å². The van der Waals surface area contributed by atoms with Crippen LogP contribution in [0.2, 0.25) is 0 Å². The molecule has 2 heterocycles. The lowest BCUT2D eigenvalue weighted by atomic mass is 9.75. The third kappa shape index (κ3) is 2.56. The highest BCUT2D eigenvalue weighted by atomic mass is 16.6. The van der Waals surface area contributed by atoms with Gasteiger partial charge in [-0.15, -0.1) is 0 Å². The predicted octanol–water partition coefficient (Wildman–Crippen LogP) is 0.673. The fraction of sp³-hybridized carbons (Fsp3) is 0.571. The van der Waals surface area contributed by atoms with Crippen molar-refractivity contribution >= 4 is 12.6 Å². The quantitative estimate of drug-likeness (QED) is 0.796. The first-order chi connectivity index (χ1) is 8.99. The van der Waals surface area contributed by atoms with Crippen LogP contribution >= 0.6 is 0 Å². The van der Waals surface area contributed by atoms with Crippen LogP contribution in [0.5, 0.6) is 0 Å². The third-order valence-corrected chi connectivity index (χ3v) is 3.65. The molecule has 0 spiro atoms. The molecule has 0 saturated carbocycles. The van der Waals surface area contributed by atoms with E-state index >= 15 is 0 Å². The van der Waals surface area contributed by atoms with Gasteiger partial charge in [0.15, 0.2) is 0 Å². The highest BCUT2D eigenvalue weighted by Crippen LogP contribution is 2.28. The number of benzene rings is 1. The molecule has 19 heavy (non-hydrogen) atoms. The zero-order valence-electron chi connectivity index (χ0n) is 11.4. The summed E-state index contributed by atoms with van der Waals surface area (Å²) in [4.78, 5) is 0. The third-order valence-electron chi connectivity index (χ3n) is 3.65. The lowest BCUT2D eigenvalue weighted by Crippen LogP contribution is -2.48. The maximum absolute atomic E-state index is 10.2. The van der Waals surface area contributed by atoms with E-state index in [0.717, 1.165) is 11.0 Å². The summed E-state index contributed by atoms with van der Waals surface area (Å²) in [5, 5.41) is 10.2. The van der Waals surface area contributed by atoms with Crippen LogP contribution < -0.4 is 5.46 Å². The van der Waals surface area contributed by atoms with Crippen LogP contribution in [-0.4, -0.2) is 38.7 Å². The molecule has 0 unspecified atom stereocenters. The Hall–Kier alpha value is -0.875. The number of hydrogen-bond donors (Lipinski definition) is 1. The van der Waals surface area contributed by atoms with Crippen LogP contribution in [0.15, 0.2) is 24.3 Å². The SMILES string of the molecule is CC1(C)COB(c2ccc(C3(O)COC3)cc2)OC1. The Bertz CT molecular complexity index is 443. The first-order valence-electron chi connectivity index (χ1n) is 6.62. The van der Waals surface area contributed by atoms with Crippen LogP contribution in [0.4, 0.5) is 0 Å². The molecular weight excluding hydrogens is 243 g/mol. The lowest BCUT2D eigenvalue weighted by molar-refractivity contribution is -0.184. The minimum atomic E-state index is -0.811. The molecule has 0 radical (unpaired) electrons. The topological polar surface area (TPSA) is 47.9 Å². The van der Waals surface area contributed by atoms with E-state index in [2.05, 4.69) is 13.8 Å². The highest BCUT2D eigenvalue weighted by molar-refractivity contribution is 6.61. The van der Waals surface area contributed by atoms with Crippen molar-refractivity contribution in [3.05, 3.63) is 29.8 Å². The Morgan fingerprint density at radius 1 is 1.00 bits per heavy atom. The molecule has 1 N–H and O–H groups in total. The van der Waals surface area contributed by atoms with Crippen molar-refractivity contribution in [1.82, 2.24) is 0 Å². The number of hydrogen-bond acceptors (Lipinski definition) is 4. The van der Waals surface area contributed by atoms with E-state index in [1.54, 1.807) is 0 Å². The van der Waals surface area contributed by atoms with Gasteiger partial charge in [-0.25, -0.2) is 0 Å². The molecule has 4 nitrogen and oxygen atoms in total. The van der Waals surface area contributed by atoms with Crippen molar-refractivity contribution in [3.8, 4) is 0 Å². The molecule has 2 aliphatic rings. The Kier molecular flexibility index (Phi) is 3.17. The van der Waals surface area contributed by atoms with Crippen LogP contribution in [0.3, 0.4) is 0 Å². The largest absolute Gasteiger partial charge is 0.493 e. The van der Waals surface area contributed by atoms with Crippen LogP contribution in [0, 0.1) is 5.41 Å². The summed E-state index contributed by atoms with van der Waals surface area (Å²) in [6, 6.07) is 7.75. The fourth-order valence-corrected chi connectivity index (χ4v) is 2.30. The Balaban J connectivity index is 1.69. The van der Waals surface area contributed by atoms with Crippen molar-refractivity contribution in [2.75, 3.05) is 26.4 Å². The van der Waals surface area contributed by atoms with E-state index in [4.69, 9.17) is 14.0 Å². The summed E-state index contributed by atoms with van der Waals surface area (Å²) in [6.45, 7) is 6.37. The first-order valence-corrected chi connectivity index (χ1v) is 6.62. The van der Waals surface area contributed by atoms with E-state index in [1.165, 1.54) is 0 Å². The zero-order chi connectivity index (χ0) is 13.5. The Labute approximate surface area is 113 Å². The van der Waals surface area contributed by atoms with E-state index < -0.39 is 5.60 Å². The zero-order valence-corrected chi connectivity index (χ0v) is 11.4. The van der Waals surface area contributed by atoms with Gasteiger partial charge in [0.1, 0.15) is 5.60 Å². The molecule has 0 amide bonds. The number of rotatable bonds is 2. The van der Waals surface area contributed by atoms with E-state index in [1.807, 2.05) is 24.3 Å². The summed E-state index contributed by atoms with van der Waals surface area (Å²) >= 11 is 0. The summed E-state index contributed by atoms with van der Waals surface area (Å²) in [5.41, 5.74) is 1.14.